The lowest BCUT2D eigenvalue weighted by atomic mass is 10.1. The fourth-order valence-electron chi connectivity index (χ4n) is 3.86. The first-order valence-corrected chi connectivity index (χ1v) is 13.4. The van der Waals surface area contributed by atoms with Gasteiger partial charge in [0.2, 0.25) is 0 Å². The Morgan fingerprint density at radius 1 is 0.643 bits per heavy atom. The van der Waals surface area contributed by atoms with Crippen LogP contribution in [0.4, 0.5) is 0 Å². The summed E-state index contributed by atoms with van der Waals surface area (Å²) in [6.45, 7) is 21.6. The molecule has 0 N–H and O–H groups in total. The van der Waals surface area contributed by atoms with E-state index in [1.807, 2.05) is 12.3 Å². The first-order chi connectivity index (χ1) is 12.8. The Labute approximate surface area is 176 Å². The van der Waals surface area contributed by atoms with Gasteiger partial charge in [0.1, 0.15) is 0 Å². The lowest BCUT2D eigenvalue weighted by Gasteiger charge is -2.42. The van der Waals surface area contributed by atoms with E-state index in [4.69, 9.17) is 4.98 Å². The molecule has 3 heteroatoms. The second-order valence-electron chi connectivity index (χ2n) is 10.6. The predicted molar refractivity (Wildman–Crippen MR) is 131 cm³/mol. The molecule has 0 amide bonds. The van der Waals surface area contributed by atoms with E-state index in [9.17, 15) is 0 Å². The van der Waals surface area contributed by atoms with E-state index in [1.165, 1.54) is 17.2 Å². The van der Waals surface area contributed by atoms with Gasteiger partial charge in [-0.25, -0.2) is 0 Å². The molecule has 1 nitrogen and oxygen atoms in total. The van der Waals surface area contributed by atoms with Crippen molar-refractivity contribution < 1.29 is 0 Å². The molecule has 1 unspecified atom stereocenters. The number of aromatic nitrogens is 1. The molecule has 0 saturated heterocycles. The van der Waals surface area contributed by atoms with Crippen molar-refractivity contribution in [1.29, 1.82) is 0 Å². The summed E-state index contributed by atoms with van der Waals surface area (Å²) >= 11 is 0. The van der Waals surface area contributed by atoms with Crippen molar-refractivity contribution in [3.05, 3.63) is 59.8 Å². The summed E-state index contributed by atoms with van der Waals surface area (Å²) in [5, 5.41) is 0.919. The minimum atomic E-state index is -0.374. The molecule has 0 aliphatic rings. The second-order valence-corrected chi connectivity index (χ2v) is 17.5. The Kier molecular flexibility index (Phi) is 7.50. The van der Waals surface area contributed by atoms with E-state index in [2.05, 4.69) is 98.7 Å². The zero-order valence-corrected chi connectivity index (χ0v) is 21.2. The van der Waals surface area contributed by atoms with Crippen molar-refractivity contribution in [3.8, 4) is 0 Å². The molecule has 1 heterocycles. The molecule has 1 aromatic carbocycles. The molecule has 0 saturated carbocycles. The molecule has 1 aromatic heterocycles. The lowest BCUT2D eigenvalue weighted by molar-refractivity contribution is 0.702. The molecule has 28 heavy (non-hydrogen) atoms. The molecule has 0 aliphatic heterocycles. The van der Waals surface area contributed by atoms with Crippen molar-refractivity contribution in [1.82, 2.24) is 4.98 Å². The van der Waals surface area contributed by atoms with Gasteiger partial charge in [-0.3, -0.25) is 4.98 Å². The molecular formula is C25H39NP2. The second kappa shape index (κ2) is 8.93. The molecule has 0 aliphatic carbocycles. The average molecular weight is 416 g/mol. The standard InChI is InChI=1S/C25H39NP2/c1-23(2,3)27(22-16-12-13-17-26-22)18-20-14-10-11-15-21(20)19-28(24(4,5)6)25(7,8)9/h10-17H,18-19H2,1-9H3. The molecule has 0 fully saturated rings. The Hall–Kier alpha value is -0.770. The van der Waals surface area contributed by atoms with Gasteiger partial charge in [-0.05, 0) is 59.0 Å². The highest BCUT2D eigenvalue weighted by atomic mass is 31.1. The van der Waals surface area contributed by atoms with Crippen molar-refractivity contribution in [2.24, 2.45) is 0 Å². The minimum Gasteiger partial charge on any atom is -0.257 e. The third-order valence-electron chi connectivity index (χ3n) is 5.13. The van der Waals surface area contributed by atoms with Crippen LogP contribution in [0.5, 0.6) is 0 Å². The summed E-state index contributed by atoms with van der Waals surface area (Å²) in [4.78, 5) is 4.74. The van der Waals surface area contributed by atoms with E-state index in [-0.39, 0.29) is 21.0 Å². The van der Waals surface area contributed by atoms with Crippen LogP contribution in [0.1, 0.15) is 73.4 Å². The van der Waals surface area contributed by atoms with Gasteiger partial charge in [0, 0.05) is 6.20 Å². The quantitative estimate of drug-likeness (QED) is 0.455. The first-order valence-electron chi connectivity index (χ1n) is 10.3. The fourth-order valence-corrected chi connectivity index (χ4v) is 9.92. The van der Waals surface area contributed by atoms with Gasteiger partial charge >= 0.3 is 0 Å². The molecule has 154 valence electrons. The number of nitrogens with zero attached hydrogens (tertiary/aromatic N) is 1. The molecule has 2 aromatic rings. The summed E-state index contributed by atoms with van der Waals surface area (Å²) in [6.07, 6.45) is 4.26. The normalized spacial score (nSPS) is 14.4. The highest BCUT2D eigenvalue weighted by molar-refractivity contribution is 7.66. The van der Waals surface area contributed by atoms with Gasteiger partial charge in [0.15, 0.2) is 0 Å². The molecule has 0 bridgehead atoms. The van der Waals surface area contributed by atoms with Crippen LogP contribution in [0.2, 0.25) is 0 Å². The van der Waals surface area contributed by atoms with Crippen molar-refractivity contribution in [2.75, 3.05) is 0 Å². The Morgan fingerprint density at radius 2 is 1.14 bits per heavy atom. The third-order valence-corrected chi connectivity index (χ3v) is 12.1. The zero-order chi connectivity index (χ0) is 21.2. The maximum atomic E-state index is 4.74. The van der Waals surface area contributed by atoms with Gasteiger partial charge in [-0.15, -0.1) is 0 Å². The van der Waals surface area contributed by atoms with Crippen LogP contribution < -0.4 is 5.44 Å². The molecule has 0 spiro atoms. The van der Waals surface area contributed by atoms with Crippen LogP contribution in [-0.4, -0.2) is 20.5 Å². The van der Waals surface area contributed by atoms with E-state index in [0.717, 1.165) is 6.16 Å². The minimum absolute atomic E-state index is 0.151. The van der Waals surface area contributed by atoms with Crippen LogP contribution >= 0.6 is 15.8 Å². The van der Waals surface area contributed by atoms with Gasteiger partial charge in [0.05, 0.1) is 5.44 Å². The molecule has 0 radical (unpaired) electrons. The Morgan fingerprint density at radius 3 is 1.57 bits per heavy atom. The van der Waals surface area contributed by atoms with Crippen molar-refractivity contribution in [2.45, 2.75) is 90.1 Å². The highest BCUT2D eigenvalue weighted by Crippen LogP contribution is 2.62. The number of rotatable bonds is 5. The monoisotopic (exact) mass is 415 g/mol. The largest absolute Gasteiger partial charge is 0.257 e. The van der Waals surface area contributed by atoms with Gasteiger partial charge < -0.3 is 0 Å². The summed E-state index contributed by atoms with van der Waals surface area (Å²) in [5.74, 6) is 0. The predicted octanol–water partition coefficient (Wildman–Crippen LogP) is 7.77. The lowest BCUT2D eigenvalue weighted by Crippen LogP contribution is -2.26. The Bertz CT molecular complexity index is 735. The molecular weight excluding hydrogens is 376 g/mol. The third kappa shape index (κ3) is 6.37. The summed E-state index contributed by atoms with van der Waals surface area (Å²) in [7, 11) is -0.525. The van der Waals surface area contributed by atoms with Crippen LogP contribution in [0.3, 0.4) is 0 Å². The number of hydrogen-bond donors (Lipinski definition) is 0. The van der Waals surface area contributed by atoms with Crippen LogP contribution in [-0.2, 0) is 12.3 Å². The zero-order valence-electron chi connectivity index (χ0n) is 19.4. The van der Waals surface area contributed by atoms with E-state index in [0.29, 0.717) is 10.3 Å². The number of pyridine rings is 1. The summed E-state index contributed by atoms with van der Waals surface area (Å²) < 4.78 is 0. The van der Waals surface area contributed by atoms with Crippen LogP contribution in [0.15, 0.2) is 48.7 Å². The van der Waals surface area contributed by atoms with Crippen molar-refractivity contribution >= 4 is 21.3 Å². The van der Waals surface area contributed by atoms with E-state index < -0.39 is 0 Å². The fraction of sp³-hybridized carbons (Fsp3) is 0.560. The SMILES string of the molecule is CC(C)(C)P(Cc1ccccc1CP(C(C)(C)C)C(C)(C)C)c1ccccn1. The van der Waals surface area contributed by atoms with Gasteiger partial charge in [-0.2, -0.15) is 0 Å². The number of benzene rings is 1. The van der Waals surface area contributed by atoms with E-state index in [1.54, 1.807) is 5.56 Å². The van der Waals surface area contributed by atoms with Gasteiger partial charge in [-0.1, -0.05) is 101 Å². The molecule has 1 atom stereocenters. The van der Waals surface area contributed by atoms with E-state index >= 15 is 0 Å². The highest BCUT2D eigenvalue weighted by Gasteiger charge is 2.35. The summed E-state index contributed by atoms with van der Waals surface area (Å²) in [6, 6.07) is 15.5. The van der Waals surface area contributed by atoms with Gasteiger partial charge in [0.25, 0.3) is 0 Å². The van der Waals surface area contributed by atoms with Crippen LogP contribution in [0.25, 0.3) is 0 Å². The van der Waals surface area contributed by atoms with Crippen LogP contribution in [0, 0.1) is 0 Å². The summed E-state index contributed by atoms with van der Waals surface area (Å²) in [5.41, 5.74) is 4.34. The maximum absolute atomic E-state index is 4.74. The topological polar surface area (TPSA) is 12.9 Å². The molecule has 2 rings (SSSR count). The number of hydrogen-bond acceptors (Lipinski definition) is 1. The Balaban J connectivity index is 2.40. The maximum Gasteiger partial charge on any atom is 0.0639 e. The average Bonchev–Trinajstić information content (AvgIpc) is 2.56. The first kappa shape index (κ1) is 23.5. The van der Waals surface area contributed by atoms with Crippen molar-refractivity contribution in [3.63, 3.8) is 0 Å². The smallest absolute Gasteiger partial charge is 0.0639 e.